The normalized spacial score (nSPS) is 26.3. The van der Waals surface area contributed by atoms with Crippen LogP contribution >= 0.6 is 0 Å². The Labute approximate surface area is 107 Å². The Kier molecular flexibility index (Phi) is 3.23. The summed E-state index contributed by atoms with van der Waals surface area (Å²) in [6, 6.07) is 0. The Bertz CT molecular complexity index is 477. The minimum absolute atomic E-state index is 0.266. The van der Waals surface area contributed by atoms with Crippen molar-refractivity contribution in [3.8, 4) is 0 Å². The maximum Gasteiger partial charge on any atom is 0.247 e. The minimum atomic E-state index is -3.58. The van der Waals surface area contributed by atoms with Crippen LogP contribution in [0.25, 0.3) is 0 Å². The lowest BCUT2D eigenvalue weighted by Crippen LogP contribution is -2.66. The van der Waals surface area contributed by atoms with E-state index in [2.05, 4.69) is 5.32 Å². The zero-order valence-corrected chi connectivity index (χ0v) is 11.4. The zero-order valence-electron chi connectivity index (χ0n) is 10.6. The molecule has 1 aliphatic heterocycles. The second kappa shape index (κ2) is 4.31. The molecule has 1 heterocycles. The van der Waals surface area contributed by atoms with Gasteiger partial charge in [0.2, 0.25) is 21.8 Å². The molecule has 0 aromatic rings. The highest BCUT2D eigenvalue weighted by atomic mass is 32.2. The van der Waals surface area contributed by atoms with Crippen molar-refractivity contribution in [2.24, 2.45) is 0 Å². The molecule has 2 aliphatic rings. The molecule has 0 bridgehead atoms. The molecule has 1 saturated heterocycles. The molecule has 7 heteroatoms. The van der Waals surface area contributed by atoms with Gasteiger partial charge < -0.3 is 0 Å². The van der Waals surface area contributed by atoms with Crippen molar-refractivity contribution >= 4 is 21.8 Å². The lowest BCUT2D eigenvalue weighted by Gasteiger charge is -2.40. The van der Waals surface area contributed by atoms with Crippen LogP contribution in [0.4, 0.5) is 0 Å². The first kappa shape index (κ1) is 13.5. The fourth-order valence-corrected chi connectivity index (χ4v) is 4.84. The van der Waals surface area contributed by atoms with Gasteiger partial charge in [0, 0.05) is 0 Å². The van der Waals surface area contributed by atoms with Crippen LogP contribution in [0.1, 0.15) is 39.5 Å². The van der Waals surface area contributed by atoms with E-state index in [9.17, 15) is 18.0 Å². The van der Waals surface area contributed by atoms with Crippen LogP contribution in [0.5, 0.6) is 0 Å². The number of hydrogen-bond donors (Lipinski definition) is 1. The van der Waals surface area contributed by atoms with Gasteiger partial charge in [0.15, 0.2) is 0 Å². The highest BCUT2D eigenvalue weighted by molar-refractivity contribution is 7.89. The molecule has 1 aliphatic carbocycles. The second-order valence-corrected chi connectivity index (χ2v) is 7.53. The van der Waals surface area contributed by atoms with E-state index < -0.39 is 32.6 Å². The minimum Gasteiger partial charge on any atom is -0.294 e. The van der Waals surface area contributed by atoms with E-state index in [1.165, 1.54) is 13.8 Å². The fourth-order valence-electron chi connectivity index (χ4n) is 2.53. The summed E-state index contributed by atoms with van der Waals surface area (Å²) in [6.45, 7) is 2.79. The first-order chi connectivity index (χ1) is 8.26. The Morgan fingerprint density at radius 1 is 1.22 bits per heavy atom. The van der Waals surface area contributed by atoms with Crippen LogP contribution in [0, 0.1) is 0 Å². The molecule has 1 N–H and O–H groups in total. The van der Waals surface area contributed by atoms with E-state index in [4.69, 9.17) is 0 Å². The molecule has 6 nitrogen and oxygen atoms in total. The van der Waals surface area contributed by atoms with Crippen LogP contribution in [0.3, 0.4) is 0 Å². The molecule has 0 aromatic carbocycles. The van der Waals surface area contributed by atoms with Gasteiger partial charge in [0.1, 0.15) is 5.54 Å². The molecule has 0 atom stereocenters. The van der Waals surface area contributed by atoms with Gasteiger partial charge >= 0.3 is 0 Å². The van der Waals surface area contributed by atoms with Crippen molar-refractivity contribution in [1.82, 2.24) is 9.62 Å². The lowest BCUT2D eigenvalue weighted by molar-refractivity contribution is -0.141. The van der Waals surface area contributed by atoms with Crippen molar-refractivity contribution < 1.29 is 18.0 Å². The highest BCUT2D eigenvalue weighted by Gasteiger charge is 2.49. The van der Waals surface area contributed by atoms with Gasteiger partial charge in [-0.3, -0.25) is 14.9 Å². The van der Waals surface area contributed by atoms with Gasteiger partial charge in [-0.2, -0.15) is 4.31 Å². The molecule has 0 radical (unpaired) electrons. The third-order valence-corrected chi connectivity index (χ3v) is 6.26. The van der Waals surface area contributed by atoms with E-state index in [1.807, 2.05) is 0 Å². The molecular weight excluding hydrogens is 256 g/mol. The van der Waals surface area contributed by atoms with E-state index in [0.29, 0.717) is 12.8 Å². The number of nitrogens with zero attached hydrogens (tertiary/aromatic N) is 1. The molecule has 2 fully saturated rings. The summed E-state index contributed by atoms with van der Waals surface area (Å²) < 4.78 is 26.0. The van der Waals surface area contributed by atoms with E-state index >= 15 is 0 Å². The summed E-state index contributed by atoms with van der Waals surface area (Å²) in [7, 11) is -3.58. The molecular formula is C11H18N2O4S. The number of carbonyl (C=O) groups excluding carboxylic acids is 2. The predicted molar refractivity (Wildman–Crippen MR) is 65.1 cm³/mol. The molecule has 0 aromatic heterocycles. The van der Waals surface area contributed by atoms with Crippen molar-refractivity contribution in [2.75, 3.05) is 6.54 Å². The number of carbonyl (C=O) groups is 2. The third kappa shape index (κ3) is 2.05. The first-order valence-corrected chi connectivity index (χ1v) is 7.62. The van der Waals surface area contributed by atoms with Crippen molar-refractivity contribution in [1.29, 1.82) is 0 Å². The summed E-state index contributed by atoms with van der Waals surface area (Å²) in [5.41, 5.74) is -1.20. The van der Waals surface area contributed by atoms with E-state index in [-0.39, 0.29) is 6.54 Å². The average molecular weight is 274 g/mol. The molecule has 0 spiro atoms. The summed E-state index contributed by atoms with van der Waals surface area (Å²) in [4.78, 5) is 23.2. The molecule has 2 rings (SSSR count). The topological polar surface area (TPSA) is 83.6 Å². The lowest BCUT2D eigenvalue weighted by atomic mass is 10.0. The molecule has 18 heavy (non-hydrogen) atoms. The zero-order chi connectivity index (χ0) is 13.6. The van der Waals surface area contributed by atoms with Crippen molar-refractivity contribution in [3.63, 3.8) is 0 Å². The second-order valence-electron chi connectivity index (χ2n) is 5.39. The molecule has 1 saturated carbocycles. The number of piperazine rings is 1. The smallest absolute Gasteiger partial charge is 0.247 e. The van der Waals surface area contributed by atoms with Crippen molar-refractivity contribution in [2.45, 2.75) is 50.3 Å². The Morgan fingerprint density at radius 2 is 1.78 bits per heavy atom. The SMILES string of the molecule is CC1(C)C(=O)NC(=O)CN1S(=O)(=O)C1CCCC1. The fraction of sp³-hybridized carbons (Fsp3) is 0.818. The quantitative estimate of drug-likeness (QED) is 0.718. The Balaban J connectivity index is 2.35. The number of amides is 2. The van der Waals surface area contributed by atoms with Crippen LogP contribution in [0.2, 0.25) is 0 Å². The summed E-state index contributed by atoms with van der Waals surface area (Å²) in [6.07, 6.45) is 3.01. The van der Waals surface area contributed by atoms with Gasteiger partial charge in [-0.15, -0.1) is 0 Å². The van der Waals surface area contributed by atoms with Gasteiger partial charge in [0.05, 0.1) is 11.8 Å². The number of sulfonamides is 1. The number of hydrogen-bond acceptors (Lipinski definition) is 4. The maximum atomic E-state index is 12.5. The van der Waals surface area contributed by atoms with Gasteiger partial charge in [-0.1, -0.05) is 12.8 Å². The molecule has 102 valence electrons. The highest BCUT2D eigenvalue weighted by Crippen LogP contribution is 2.31. The van der Waals surface area contributed by atoms with E-state index in [1.54, 1.807) is 0 Å². The summed E-state index contributed by atoms with van der Waals surface area (Å²) in [5, 5.41) is 1.73. The third-order valence-electron chi connectivity index (χ3n) is 3.75. The average Bonchev–Trinajstić information content (AvgIpc) is 2.77. The Morgan fingerprint density at radius 3 is 2.33 bits per heavy atom. The number of rotatable bonds is 2. The first-order valence-electron chi connectivity index (χ1n) is 6.12. The number of nitrogens with one attached hydrogen (secondary N) is 1. The van der Waals surface area contributed by atoms with Crippen LogP contribution < -0.4 is 5.32 Å². The summed E-state index contributed by atoms with van der Waals surface area (Å²) in [5.74, 6) is -1.11. The van der Waals surface area contributed by atoms with Crippen LogP contribution in [0.15, 0.2) is 0 Å². The maximum absolute atomic E-state index is 12.5. The molecule has 0 unspecified atom stereocenters. The van der Waals surface area contributed by atoms with Crippen molar-refractivity contribution in [3.05, 3.63) is 0 Å². The largest absolute Gasteiger partial charge is 0.294 e. The molecule has 2 amide bonds. The van der Waals surface area contributed by atoms with Gasteiger partial charge in [-0.25, -0.2) is 8.42 Å². The van der Waals surface area contributed by atoms with Crippen LogP contribution in [-0.2, 0) is 19.6 Å². The monoisotopic (exact) mass is 274 g/mol. The van der Waals surface area contributed by atoms with E-state index in [0.717, 1.165) is 17.1 Å². The van der Waals surface area contributed by atoms with Gasteiger partial charge in [-0.05, 0) is 26.7 Å². The standard InChI is InChI=1S/C11H18N2O4S/c1-11(2)10(15)12-9(14)7-13(11)18(16,17)8-5-3-4-6-8/h8H,3-7H2,1-2H3,(H,12,14,15). The van der Waals surface area contributed by atoms with Gasteiger partial charge in [0.25, 0.3) is 0 Å². The van der Waals surface area contributed by atoms with Crippen LogP contribution in [-0.4, -0.2) is 41.9 Å². The predicted octanol–water partition coefficient (Wildman–Crippen LogP) is -0.00420. The number of imide groups is 1. The Hall–Kier alpha value is -0.950. The summed E-state index contributed by atoms with van der Waals surface area (Å²) >= 11 is 0.